The number of benzene rings is 1. The van der Waals surface area contributed by atoms with Crippen LogP contribution >= 0.6 is 0 Å². The first-order chi connectivity index (χ1) is 8.36. The van der Waals surface area contributed by atoms with E-state index in [4.69, 9.17) is 0 Å². The second kappa shape index (κ2) is 3.33. The summed E-state index contributed by atoms with van der Waals surface area (Å²) in [5.74, 6) is 0.933. The van der Waals surface area contributed by atoms with E-state index < -0.39 is 0 Å². The van der Waals surface area contributed by atoms with Crippen molar-refractivity contribution in [3.8, 4) is 0 Å². The van der Waals surface area contributed by atoms with Gasteiger partial charge in [-0.3, -0.25) is 4.79 Å². The van der Waals surface area contributed by atoms with Crippen molar-refractivity contribution in [2.24, 2.45) is 5.92 Å². The highest BCUT2D eigenvalue weighted by molar-refractivity contribution is 6.00. The third-order valence-corrected chi connectivity index (χ3v) is 4.45. The molecule has 0 saturated carbocycles. The molecule has 0 aromatic heterocycles. The Balaban J connectivity index is 1.96. The van der Waals surface area contributed by atoms with E-state index in [1.165, 1.54) is 16.8 Å². The van der Waals surface area contributed by atoms with E-state index in [1.807, 2.05) is 4.90 Å². The molecular weight excluding hydrogens is 212 g/mol. The third kappa shape index (κ3) is 1.18. The molecule has 3 aliphatic rings. The van der Waals surface area contributed by atoms with Crippen molar-refractivity contribution in [1.29, 1.82) is 0 Å². The molecule has 4 rings (SSSR count). The number of aryl methyl sites for hydroxylation is 1. The summed E-state index contributed by atoms with van der Waals surface area (Å²) in [6.07, 6.45) is 2.23. The maximum absolute atomic E-state index is 12.5. The Bertz CT molecular complexity index is 497. The lowest BCUT2D eigenvalue weighted by Crippen LogP contribution is -2.45. The molecule has 2 atom stereocenters. The molecule has 1 fully saturated rings. The molecule has 0 bridgehead atoms. The van der Waals surface area contributed by atoms with Crippen LogP contribution in [0.25, 0.3) is 0 Å². The molecule has 1 amide bonds. The number of nitrogens with one attached hydrogen (secondary N) is 1. The Labute approximate surface area is 101 Å². The Hall–Kier alpha value is -1.35. The van der Waals surface area contributed by atoms with E-state index in [-0.39, 0.29) is 5.92 Å². The molecule has 1 saturated heterocycles. The summed E-state index contributed by atoms with van der Waals surface area (Å²) in [6.45, 7) is 2.72. The molecule has 0 radical (unpaired) electrons. The van der Waals surface area contributed by atoms with Gasteiger partial charge >= 0.3 is 0 Å². The Morgan fingerprint density at radius 2 is 2.12 bits per heavy atom. The zero-order chi connectivity index (χ0) is 11.4. The van der Waals surface area contributed by atoms with Crippen molar-refractivity contribution >= 4 is 11.6 Å². The zero-order valence-electron chi connectivity index (χ0n) is 9.78. The van der Waals surface area contributed by atoms with Gasteiger partial charge in [0, 0.05) is 25.6 Å². The van der Waals surface area contributed by atoms with E-state index in [9.17, 15) is 4.79 Å². The molecule has 1 N–H and O–H groups in total. The minimum absolute atomic E-state index is 0.177. The highest BCUT2D eigenvalue weighted by Gasteiger charge is 2.44. The lowest BCUT2D eigenvalue weighted by molar-refractivity contribution is -0.122. The van der Waals surface area contributed by atoms with Crippen molar-refractivity contribution in [3.63, 3.8) is 0 Å². The van der Waals surface area contributed by atoms with Gasteiger partial charge in [0.05, 0.1) is 11.6 Å². The number of hydrogen-bond donors (Lipinski definition) is 1. The van der Waals surface area contributed by atoms with Crippen molar-refractivity contribution in [2.75, 3.05) is 24.5 Å². The van der Waals surface area contributed by atoms with Crippen LogP contribution in [0.2, 0.25) is 0 Å². The van der Waals surface area contributed by atoms with Gasteiger partial charge in [0.2, 0.25) is 5.91 Å². The maximum atomic E-state index is 12.5. The van der Waals surface area contributed by atoms with Gasteiger partial charge in [0.1, 0.15) is 0 Å². The van der Waals surface area contributed by atoms with Crippen molar-refractivity contribution in [3.05, 3.63) is 29.3 Å². The first kappa shape index (κ1) is 9.66. The van der Waals surface area contributed by atoms with E-state index in [2.05, 4.69) is 23.5 Å². The summed E-state index contributed by atoms with van der Waals surface area (Å²) in [5.41, 5.74) is 4.01. The fourth-order valence-corrected chi connectivity index (χ4v) is 3.67. The number of hydrogen-bond acceptors (Lipinski definition) is 2. The molecule has 88 valence electrons. The largest absolute Gasteiger partial charge is 0.315 e. The smallest absolute Gasteiger partial charge is 0.232 e. The van der Waals surface area contributed by atoms with Gasteiger partial charge in [-0.2, -0.15) is 0 Å². The lowest BCUT2D eigenvalue weighted by Gasteiger charge is -2.40. The topological polar surface area (TPSA) is 32.3 Å². The SMILES string of the molecule is O=C1C2CNCC2c2cccc3c2N1CCC3. The van der Waals surface area contributed by atoms with Gasteiger partial charge in [-0.05, 0) is 24.0 Å². The molecule has 1 aromatic carbocycles. The molecule has 2 unspecified atom stereocenters. The van der Waals surface area contributed by atoms with Crippen LogP contribution in [-0.4, -0.2) is 25.5 Å². The van der Waals surface area contributed by atoms with E-state index in [0.717, 1.165) is 32.5 Å². The number of anilines is 1. The van der Waals surface area contributed by atoms with Gasteiger partial charge < -0.3 is 10.2 Å². The van der Waals surface area contributed by atoms with E-state index >= 15 is 0 Å². The Morgan fingerprint density at radius 3 is 3.06 bits per heavy atom. The number of fused-ring (bicyclic) bond motifs is 2. The number of para-hydroxylation sites is 1. The molecule has 17 heavy (non-hydrogen) atoms. The maximum Gasteiger partial charge on any atom is 0.232 e. The summed E-state index contributed by atoms with van der Waals surface area (Å²) >= 11 is 0. The number of amides is 1. The van der Waals surface area contributed by atoms with Crippen LogP contribution < -0.4 is 10.2 Å². The highest BCUT2D eigenvalue weighted by Crippen LogP contribution is 2.44. The molecule has 3 heterocycles. The van der Waals surface area contributed by atoms with Crippen molar-refractivity contribution < 1.29 is 4.79 Å². The van der Waals surface area contributed by atoms with Crippen molar-refractivity contribution in [2.45, 2.75) is 18.8 Å². The third-order valence-electron chi connectivity index (χ3n) is 4.45. The predicted octanol–water partition coefficient (Wildman–Crippen LogP) is 1.28. The fraction of sp³-hybridized carbons (Fsp3) is 0.500. The zero-order valence-corrected chi connectivity index (χ0v) is 9.78. The van der Waals surface area contributed by atoms with Crippen LogP contribution in [0.3, 0.4) is 0 Å². The van der Waals surface area contributed by atoms with E-state index in [0.29, 0.717) is 11.8 Å². The van der Waals surface area contributed by atoms with Crippen LogP contribution in [0.1, 0.15) is 23.5 Å². The van der Waals surface area contributed by atoms with Crippen LogP contribution in [-0.2, 0) is 11.2 Å². The summed E-state index contributed by atoms with van der Waals surface area (Å²) in [4.78, 5) is 14.5. The second-order valence-corrected chi connectivity index (χ2v) is 5.32. The van der Waals surface area contributed by atoms with Crippen LogP contribution in [0, 0.1) is 5.92 Å². The molecule has 1 aromatic rings. The molecule has 0 spiro atoms. The van der Waals surface area contributed by atoms with Crippen LogP contribution in [0.4, 0.5) is 5.69 Å². The summed E-state index contributed by atoms with van der Waals surface area (Å²) in [7, 11) is 0. The minimum atomic E-state index is 0.177. The normalized spacial score (nSPS) is 30.1. The highest BCUT2D eigenvalue weighted by atomic mass is 16.2. The molecule has 3 nitrogen and oxygen atoms in total. The summed E-state index contributed by atoms with van der Waals surface area (Å²) in [6, 6.07) is 6.55. The number of carbonyl (C=O) groups is 1. The first-order valence-corrected chi connectivity index (χ1v) is 6.50. The number of carbonyl (C=O) groups excluding carboxylic acids is 1. The molecular formula is C14H16N2O. The first-order valence-electron chi connectivity index (χ1n) is 6.50. The van der Waals surface area contributed by atoms with Crippen molar-refractivity contribution in [1.82, 2.24) is 5.32 Å². The van der Waals surface area contributed by atoms with Crippen LogP contribution in [0.5, 0.6) is 0 Å². The molecule has 3 aliphatic heterocycles. The Morgan fingerprint density at radius 1 is 1.24 bits per heavy atom. The average molecular weight is 228 g/mol. The number of nitrogens with zero attached hydrogens (tertiary/aromatic N) is 1. The summed E-state index contributed by atoms with van der Waals surface area (Å²) in [5, 5.41) is 3.37. The fourth-order valence-electron chi connectivity index (χ4n) is 3.67. The minimum Gasteiger partial charge on any atom is -0.315 e. The Kier molecular flexibility index (Phi) is 1.89. The number of rotatable bonds is 0. The molecule has 0 aliphatic carbocycles. The van der Waals surface area contributed by atoms with E-state index in [1.54, 1.807) is 0 Å². The predicted molar refractivity (Wildman–Crippen MR) is 66.2 cm³/mol. The average Bonchev–Trinajstić information content (AvgIpc) is 2.85. The lowest BCUT2D eigenvalue weighted by atomic mass is 9.80. The summed E-state index contributed by atoms with van der Waals surface area (Å²) < 4.78 is 0. The van der Waals surface area contributed by atoms with Gasteiger partial charge in [-0.15, -0.1) is 0 Å². The van der Waals surface area contributed by atoms with Gasteiger partial charge in [-0.25, -0.2) is 0 Å². The van der Waals surface area contributed by atoms with Gasteiger partial charge in [0.15, 0.2) is 0 Å². The monoisotopic (exact) mass is 228 g/mol. The second-order valence-electron chi connectivity index (χ2n) is 5.32. The van der Waals surface area contributed by atoms with Crippen LogP contribution in [0.15, 0.2) is 18.2 Å². The van der Waals surface area contributed by atoms with Gasteiger partial charge in [-0.1, -0.05) is 18.2 Å². The quantitative estimate of drug-likeness (QED) is 0.725. The standard InChI is InChI=1S/C14H16N2O/c17-14-12-8-15-7-11(12)10-5-1-3-9-4-2-6-16(14)13(9)10/h1,3,5,11-12,15H,2,4,6-8H2. The van der Waals surface area contributed by atoms with Gasteiger partial charge in [0.25, 0.3) is 0 Å². The molecule has 3 heteroatoms.